The minimum atomic E-state index is -3.58. The summed E-state index contributed by atoms with van der Waals surface area (Å²) in [6, 6.07) is 11.7. The lowest BCUT2D eigenvalue weighted by atomic mass is 9.75. The molecule has 1 aliphatic heterocycles. The Morgan fingerprint density at radius 2 is 1.82 bits per heavy atom. The Bertz CT molecular complexity index is 1400. The maximum atomic E-state index is 13.3. The van der Waals surface area contributed by atoms with Gasteiger partial charge in [-0.25, -0.2) is 13.2 Å². The smallest absolute Gasteiger partial charge is 0.336 e. The molecule has 3 rings (SSSR count). The summed E-state index contributed by atoms with van der Waals surface area (Å²) in [7, 11) is -2.36. The summed E-state index contributed by atoms with van der Waals surface area (Å²) in [6.45, 7) is 2.70. The SMILES string of the molecule is COC(=O)C1C(C)=NC(C)=C(C(=O)OCCc2ccc(S(=O)(=O)CCO)cc2)C1c1cccc([N+](=O)[O-])c1. The minimum absolute atomic E-state index is 0.0500. The van der Waals surface area contributed by atoms with E-state index in [1.807, 2.05) is 0 Å². The van der Waals surface area contributed by atoms with Crippen LogP contribution in [0.5, 0.6) is 0 Å². The van der Waals surface area contributed by atoms with Crippen LogP contribution in [-0.4, -0.2) is 62.2 Å². The van der Waals surface area contributed by atoms with Crippen LogP contribution in [-0.2, 0) is 35.3 Å². The van der Waals surface area contributed by atoms with Crippen molar-refractivity contribution in [1.29, 1.82) is 0 Å². The van der Waals surface area contributed by atoms with Crippen molar-refractivity contribution in [2.75, 3.05) is 26.1 Å². The van der Waals surface area contributed by atoms with E-state index < -0.39 is 45.1 Å². The predicted octanol–water partition coefficient (Wildman–Crippen LogP) is 2.77. The number of nitro benzene ring substituents is 1. The number of aliphatic hydroxyl groups excluding tert-OH is 1. The number of benzene rings is 2. The van der Waals surface area contributed by atoms with Crippen molar-refractivity contribution in [3.63, 3.8) is 0 Å². The molecule has 0 amide bonds. The number of ether oxygens (including phenoxy) is 2. The van der Waals surface area contributed by atoms with Crippen molar-refractivity contribution in [3.8, 4) is 0 Å². The Morgan fingerprint density at radius 1 is 1.13 bits per heavy atom. The third kappa shape index (κ3) is 6.32. The molecule has 2 aromatic carbocycles. The number of methoxy groups -OCH3 is 1. The van der Waals surface area contributed by atoms with Gasteiger partial charge in [0, 0.05) is 35.9 Å². The summed E-state index contributed by atoms with van der Waals surface area (Å²) >= 11 is 0. The fourth-order valence-corrected chi connectivity index (χ4v) is 5.39. The highest BCUT2D eigenvalue weighted by Gasteiger charge is 2.42. The van der Waals surface area contributed by atoms with Gasteiger partial charge in [-0.05, 0) is 37.1 Å². The number of non-ortho nitro benzene ring substituents is 1. The van der Waals surface area contributed by atoms with Gasteiger partial charge in [0.2, 0.25) is 0 Å². The Hall–Kier alpha value is -3.90. The molecule has 0 fully saturated rings. The van der Waals surface area contributed by atoms with E-state index in [1.54, 1.807) is 32.0 Å². The number of sulfone groups is 1. The molecule has 202 valence electrons. The molecule has 0 saturated heterocycles. The minimum Gasteiger partial charge on any atom is -0.468 e. The number of esters is 2. The molecule has 11 nitrogen and oxygen atoms in total. The van der Waals surface area contributed by atoms with Gasteiger partial charge in [0.05, 0.1) is 41.5 Å². The first-order valence-electron chi connectivity index (χ1n) is 11.7. The third-order valence-electron chi connectivity index (χ3n) is 6.21. The van der Waals surface area contributed by atoms with Gasteiger partial charge in [-0.15, -0.1) is 0 Å². The lowest BCUT2D eigenvalue weighted by molar-refractivity contribution is -0.384. The maximum absolute atomic E-state index is 13.3. The second kappa shape index (κ2) is 12.1. The zero-order valence-electron chi connectivity index (χ0n) is 21.1. The molecule has 0 bridgehead atoms. The van der Waals surface area contributed by atoms with Gasteiger partial charge in [-0.1, -0.05) is 24.3 Å². The second-order valence-corrected chi connectivity index (χ2v) is 10.8. The lowest BCUT2D eigenvalue weighted by Gasteiger charge is -2.31. The Morgan fingerprint density at radius 3 is 2.42 bits per heavy atom. The first-order chi connectivity index (χ1) is 18.0. The van der Waals surface area contributed by atoms with Crippen molar-refractivity contribution >= 4 is 33.2 Å². The van der Waals surface area contributed by atoms with E-state index in [0.717, 1.165) is 0 Å². The number of hydrogen-bond acceptors (Lipinski definition) is 10. The number of nitrogens with zero attached hydrogens (tertiary/aromatic N) is 2. The fraction of sp³-hybridized carbons (Fsp3) is 0.346. The van der Waals surface area contributed by atoms with Gasteiger partial charge >= 0.3 is 11.9 Å². The molecule has 1 N–H and O–H groups in total. The molecule has 0 aliphatic carbocycles. The van der Waals surface area contributed by atoms with Gasteiger partial charge in [0.15, 0.2) is 9.84 Å². The zero-order chi connectivity index (χ0) is 28.0. The summed E-state index contributed by atoms with van der Waals surface area (Å²) in [5.41, 5.74) is 1.71. The largest absolute Gasteiger partial charge is 0.468 e. The number of carbonyl (C=O) groups excluding carboxylic acids is 2. The molecule has 2 aromatic rings. The van der Waals surface area contributed by atoms with Crippen LogP contribution in [0.3, 0.4) is 0 Å². The average Bonchev–Trinajstić information content (AvgIpc) is 2.88. The third-order valence-corrected chi connectivity index (χ3v) is 7.92. The molecule has 0 radical (unpaired) electrons. The van der Waals surface area contributed by atoms with Crippen molar-refractivity contribution in [1.82, 2.24) is 0 Å². The number of aliphatic hydroxyl groups is 1. The summed E-state index contributed by atoms with van der Waals surface area (Å²) < 4.78 is 34.6. The van der Waals surface area contributed by atoms with E-state index in [4.69, 9.17) is 14.6 Å². The number of carbonyl (C=O) groups is 2. The first-order valence-corrected chi connectivity index (χ1v) is 13.3. The monoisotopic (exact) mass is 544 g/mol. The van der Waals surface area contributed by atoms with Crippen LogP contribution in [0.2, 0.25) is 0 Å². The van der Waals surface area contributed by atoms with E-state index >= 15 is 0 Å². The molecule has 0 saturated carbocycles. The summed E-state index contributed by atoms with van der Waals surface area (Å²) in [6.07, 6.45) is 0.280. The van der Waals surface area contributed by atoms with Crippen LogP contribution in [0, 0.1) is 16.0 Å². The highest BCUT2D eigenvalue weighted by atomic mass is 32.2. The van der Waals surface area contributed by atoms with Crippen LogP contribution >= 0.6 is 0 Å². The number of aliphatic imine (C=N–C) groups is 1. The topological polar surface area (TPSA) is 162 Å². The number of allylic oxidation sites excluding steroid dienone is 1. The highest BCUT2D eigenvalue weighted by Crippen LogP contribution is 2.40. The highest BCUT2D eigenvalue weighted by molar-refractivity contribution is 7.91. The molecule has 1 heterocycles. The predicted molar refractivity (Wildman–Crippen MR) is 137 cm³/mol. The molecular weight excluding hydrogens is 516 g/mol. The van der Waals surface area contributed by atoms with Crippen LogP contribution in [0.25, 0.3) is 0 Å². The second-order valence-electron chi connectivity index (χ2n) is 8.66. The van der Waals surface area contributed by atoms with Gasteiger partial charge in [-0.2, -0.15) is 0 Å². The van der Waals surface area contributed by atoms with Crippen molar-refractivity contribution < 1.29 is 37.5 Å². The van der Waals surface area contributed by atoms with Crippen LogP contribution in [0.4, 0.5) is 5.69 Å². The number of hydrogen-bond donors (Lipinski definition) is 1. The van der Waals surface area contributed by atoms with Gasteiger partial charge < -0.3 is 14.6 Å². The van der Waals surface area contributed by atoms with E-state index in [2.05, 4.69) is 4.99 Å². The molecule has 1 aliphatic rings. The molecule has 12 heteroatoms. The first kappa shape index (κ1) is 28.7. The van der Waals surface area contributed by atoms with E-state index in [-0.39, 0.29) is 34.9 Å². The summed E-state index contributed by atoms with van der Waals surface area (Å²) in [5, 5.41) is 20.3. The van der Waals surface area contributed by atoms with Gasteiger partial charge in [0.25, 0.3) is 5.69 Å². The number of nitro groups is 1. The molecular formula is C26H28N2O9S. The zero-order valence-corrected chi connectivity index (χ0v) is 21.9. The Kier molecular flexibility index (Phi) is 9.13. The molecule has 38 heavy (non-hydrogen) atoms. The van der Waals surface area contributed by atoms with E-state index in [0.29, 0.717) is 22.5 Å². The van der Waals surface area contributed by atoms with Gasteiger partial charge in [-0.3, -0.25) is 19.9 Å². The quantitative estimate of drug-likeness (QED) is 0.269. The van der Waals surface area contributed by atoms with Crippen molar-refractivity contribution in [3.05, 3.63) is 81.0 Å². The molecule has 0 aromatic heterocycles. The Labute approximate surface area is 219 Å². The van der Waals surface area contributed by atoms with E-state index in [9.17, 15) is 28.1 Å². The number of rotatable bonds is 10. The maximum Gasteiger partial charge on any atom is 0.336 e. The van der Waals surface area contributed by atoms with Gasteiger partial charge in [0.1, 0.15) is 5.92 Å². The van der Waals surface area contributed by atoms with Crippen LogP contribution < -0.4 is 0 Å². The van der Waals surface area contributed by atoms with E-state index in [1.165, 1.54) is 37.4 Å². The summed E-state index contributed by atoms with van der Waals surface area (Å²) in [4.78, 5) is 41.3. The average molecular weight is 545 g/mol. The van der Waals surface area contributed by atoms with Crippen molar-refractivity contribution in [2.24, 2.45) is 10.9 Å². The van der Waals surface area contributed by atoms with Crippen LogP contribution in [0.15, 0.2) is 69.7 Å². The fourth-order valence-electron chi connectivity index (χ4n) is 4.37. The normalized spacial score (nSPS) is 17.5. The standard InChI is InChI=1S/C26H28N2O9S/c1-16-22(25(30)36-3)24(19-5-4-6-20(15-19)28(32)33)23(17(2)27-16)26(31)37-13-11-18-7-9-21(10-8-18)38(34,35)14-12-29/h4-10,15,22,24,29H,11-14H2,1-3H3. The molecule has 0 spiro atoms. The Balaban J connectivity index is 1.85. The lowest BCUT2D eigenvalue weighted by Crippen LogP contribution is -2.36. The van der Waals surface area contributed by atoms with Crippen molar-refractivity contribution in [2.45, 2.75) is 31.1 Å². The summed E-state index contributed by atoms with van der Waals surface area (Å²) in [5.74, 6) is -3.65. The molecule has 2 unspecified atom stereocenters. The van der Waals surface area contributed by atoms with Crippen LogP contribution in [0.1, 0.15) is 30.9 Å². The molecule has 2 atom stereocenters.